The van der Waals surface area contributed by atoms with Gasteiger partial charge in [0.2, 0.25) is 5.91 Å². The summed E-state index contributed by atoms with van der Waals surface area (Å²) in [4.78, 5) is 26.8. The van der Waals surface area contributed by atoms with Crippen molar-refractivity contribution in [1.82, 2.24) is 14.9 Å². The maximum Gasteiger partial charge on any atom is 0.234 e. The van der Waals surface area contributed by atoms with Crippen LogP contribution in [-0.4, -0.2) is 59.3 Å². The molecule has 1 aliphatic heterocycles. The van der Waals surface area contributed by atoms with E-state index in [-0.39, 0.29) is 11.7 Å². The van der Waals surface area contributed by atoms with Gasteiger partial charge in [0.05, 0.1) is 17.5 Å². The number of likely N-dealkylation sites (N-methyl/N-ethyl adjacent to an activating group) is 1. The Labute approximate surface area is 203 Å². The lowest BCUT2D eigenvalue weighted by molar-refractivity contribution is -0.113. The van der Waals surface area contributed by atoms with Crippen LogP contribution in [0.15, 0.2) is 76.4 Å². The number of fused-ring (bicyclic) bond motifs is 1. The average molecular weight is 474 g/mol. The summed E-state index contributed by atoms with van der Waals surface area (Å²) in [6, 6.07) is 19.6. The number of benzene rings is 2. The van der Waals surface area contributed by atoms with E-state index in [0.717, 1.165) is 54.3 Å². The highest BCUT2D eigenvalue weighted by Gasteiger charge is 2.16. The van der Waals surface area contributed by atoms with Crippen LogP contribution < -0.4 is 10.2 Å². The number of amides is 1. The summed E-state index contributed by atoms with van der Waals surface area (Å²) in [6.45, 7) is 7.55. The molecule has 0 radical (unpaired) electrons. The second-order valence-corrected chi connectivity index (χ2v) is 9.12. The summed E-state index contributed by atoms with van der Waals surface area (Å²) >= 11 is 1.40. The number of carbonyl (C=O) groups is 1. The highest BCUT2D eigenvalue weighted by molar-refractivity contribution is 8.00. The minimum Gasteiger partial charge on any atom is -0.461 e. The summed E-state index contributed by atoms with van der Waals surface area (Å²) in [5, 5.41) is 4.68. The molecule has 0 spiro atoms. The zero-order valence-corrected chi connectivity index (χ0v) is 19.9. The normalized spacial score (nSPS) is 14.4. The fourth-order valence-electron chi connectivity index (χ4n) is 4.08. The number of rotatable bonds is 7. The number of aromatic nitrogens is 2. The van der Waals surface area contributed by atoms with Gasteiger partial charge in [0.25, 0.3) is 0 Å². The van der Waals surface area contributed by atoms with E-state index in [9.17, 15) is 4.79 Å². The van der Waals surface area contributed by atoms with Gasteiger partial charge >= 0.3 is 0 Å². The van der Waals surface area contributed by atoms with E-state index in [2.05, 4.69) is 44.1 Å². The molecule has 1 amide bonds. The standard InChI is InChI=1S/C26H27N5O2S/c1-2-30-13-15-31(16-14-30)20-11-9-19(10-12-20)27-24(32)18-34-26-21-6-3-4-7-22(21)28-25(29-26)23-8-5-17-33-23/h3-12,17H,2,13-16,18H2,1H3,(H,27,32). The van der Waals surface area contributed by atoms with Gasteiger partial charge in [0, 0.05) is 42.9 Å². The molecule has 174 valence electrons. The van der Waals surface area contributed by atoms with Crippen molar-refractivity contribution < 1.29 is 9.21 Å². The van der Waals surface area contributed by atoms with Crippen molar-refractivity contribution in [2.24, 2.45) is 0 Å². The molecule has 0 bridgehead atoms. The number of thioether (sulfide) groups is 1. The van der Waals surface area contributed by atoms with E-state index in [4.69, 9.17) is 4.42 Å². The molecule has 0 saturated carbocycles. The molecule has 8 heteroatoms. The Morgan fingerprint density at radius 3 is 2.53 bits per heavy atom. The van der Waals surface area contributed by atoms with E-state index in [1.54, 1.807) is 6.26 Å². The van der Waals surface area contributed by atoms with E-state index in [0.29, 0.717) is 11.6 Å². The molecule has 3 heterocycles. The Bertz CT molecular complexity index is 1250. The highest BCUT2D eigenvalue weighted by atomic mass is 32.2. The van der Waals surface area contributed by atoms with Gasteiger partial charge in [-0.1, -0.05) is 36.9 Å². The molecule has 1 aliphatic rings. The topological polar surface area (TPSA) is 74.5 Å². The van der Waals surface area contributed by atoms with Gasteiger partial charge in [-0.3, -0.25) is 4.79 Å². The van der Waals surface area contributed by atoms with Gasteiger partial charge < -0.3 is 19.5 Å². The molecule has 1 fully saturated rings. The molecule has 0 unspecified atom stereocenters. The van der Waals surface area contributed by atoms with E-state index >= 15 is 0 Å². The van der Waals surface area contributed by atoms with Crippen LogP contribution in [0.5, 0.6) is 0 Å². The fourth-order valence-corrected chi connectivity index (χ4v) is 4.90. The second kappa shape index (κ2) is 10.3. The van der Waals surface area contributed by atoms with Crippen LogP contribution in [0.3, 0.4) is 0 Å². The molecule has 4 aromatic rings. The van der Waals surface area contributed by atoms with Crippen LogP contribution in [0, 0.1) is 0 Å². The molecule has 34 heavy (non-hydrogen) atoms. The van der Waals surface area contributed by atoms with Crippen molar-refractivity contribution >= 4 is 39.9 Å². The van der Waals surface area contributed by atoms with Gasteiger partial charge in [0.1, 0.15) is 5.03 Å². The van der Waals surface area contributed by atoms with Crippen LogP contribution in [0.2, 0.25) is 0 Å². The van der Waals surface area contributed by atoms with E-state index in [1.165, 1.54) is 17.4 Å². The zero-order chi connectivity index (χ0) is 23.3. The first-order valence-electron chi connectivity index (χ1n) is 11.5. The lowest BCUT2D eigenvalue weighted by Crippen LogP contribution is -2.46. The molecular formula is C26H27N5O2S. The van der Waals surface area contributed by atoms with E-state index in [1.807, 2.05) is 48.5 Å². The maximum absolute atomic E-state index is 12.7. The number of furan rings is 1. The van der Waals surface area contributed by atoms with Crippen LogP contribution in [0.1, 0.15) is 6.92 Å². The monoisotopic (exact) mass is 473 g/mol. The first kappa shape index (κ1) is 22.4. The number of anilines is 2. The third-order valence-corrected chi connectivity index (χ3v) is 6.98. The summed E-state index contributed by atoms with van der Waals surface area (Å²) in [6.07, 6.45) is 1.60. The summed E-state index contributed by atoms with van der Waals surface area (Å²) in [7, 11) is 0. The van der Waals surface area contributed by atoms with Crippen LogP contribution in [-0.2, 0) is 4.79 Å². The van der Waals surface area contributed by atoms with Crippen LogP contribution in [0.4, 0.5) is 11.4 Å². The first-order chi connectivity index (χ1) is 16.7. The molecule has 1 N–H and O–H groups in total. The minimum atomic E-state index is -0.0726. The third-order valence-electron chi connectivity index (χ3n) is 5.99. The van der Waals surface area contributed by atoms with E-state index < -0.39 is 0 Å². The quantitative estimate of drug-likeness (QED) is 0.306. The molecule has 2 aromatic carbocycles. The number of para-hydroxylation sites is 1. The lowest BCUT2D eigenvalue weighted by atomic mass is 10.2. The van der Waals surface area contributed by atoms with Gasteiger partial charge in [-0.05, 0) is 49.0 Å². The van der Waals surface area contributed by atoms with Gasteiger partial charge in [-0.15, -0.1) is 0 Å². The maximum atomic E-state index is 12.7. The van der Waals surface area contributed by atoms with Crippen molar-refractivity contribution in [1.29, 1.82) is 0 Å². The SMILES string of the molecule is CCN1CCN(c2ccc(NC(=O)CSc3nc(-c4ccco4)nc4ccccc34)cc2)CC1. The minimum absolute atomic E-state index is 0.0726. The van der Waals surface area contributed by atoms with Crippen molar-refractivity contribution in [3.05, 3.63) is 66.9 Å². The highest BCUT2D eigenvalue weighted by Crippen LogP contribution is 2.29. The Balaban J connectivity index is 1.23. The molecule has 0 aliphatic carbocycles. The zero-order valence-electron chi connectivity index (χ0n) is 19.1. The first-order valence-corrected chi connectivity index (χ1v) is 12.5. The molecule has 1 saturated heterocycles. The molecule has 2 aromatic heterocycles. The number of nitrogens with zero attached hydrogens (tertiary/aromatic N) is 4. The molecular weight excluding hydrogens is 446 g/mol. The van der Waals surface area contributed by atoms with Crippen molar-refractivity contribution in [3.8, 4) is 11.6 Å². The van der Waals surface area contributed by atoms with Gasteiger partial charge in [-0.25, -0.2) is 9.97 Å². The van der Waals surface area contributed by atoms with Crippen molar-refractivity contribution in [2.45, 2.75) is 11.9 Å². The van der Waals surface area contributed by atoms with Crippen molar-refractivity contribution in [3.63, 3.8) is 0 Å². The molecule has 0 atom stereocenters. The summed E-state index contributed by atoms with van der Waals surface area (Å²) in [5.74, 6) is 1.30. The fraction of sp³-hybridized carbons (Fsp3) is 0.269. The number of hydrogen-bond donors (Lipinski definition) is 1. The summed E-state index contributed by atoms with van der Waals surface area (Å²) in [5.41, 5.74) is 2.81. The number of piperazine rings is 1. The Morgan fingerprint density at radius 2 is 1.79 bits per heavy atom. The Kier molecular flexibility index (Phi) is 6.78. The van der Waals surface area contributed by atoms with Crippen LogP contribution >= 0.6 is 11.8 Å². The molecule has 7 nitrogen and oxygen atoms in total. The third kappa shape index (κ3) is 5.08. The summed E-state index contributed by atoms with van der Waals surface area (Å²) < 4.78 is 5.47. The number of hydrogen-bond acceptors (Lipinski definition) is 7. The lowest BCUT2D eigenvalue weighted by Gasteiger charge is -2.35. The average Bonchev–Trinajstić information content (AvgIpc) is 3.43. The second-order valence-electron chi connectivity index (χ2n) is 8.15. The Hall–Kier alpha value is -3.36. The number of nitrogens with one attached hydrogen (secondary N) is 1. The predicted molar refractivity (Wildman–Crippen MR) is 137 cm³/mol. The van der Waals surface area contributed by atoms with Crippen LogP contribution in [0.25, 0.3) is 22.5 Å². The number of carbonyl (C=O) groups excluding carboxylic acids is 1. The Morgan fingerprint density at radius 1 is 1.00 bits per heavy atom. The molecule has 5 rings (SSSR count). The van der Waals surface area contributed by atoms with Crippen molar-refractivity contribution in [2.75, 3.05) is 48.7 Å². The van der Waals surface area contributed by atoms with Gasteiger partial charge in [-0.2, -0.15) is 0 Å². The predicted octanol–water partition coefficient (Wildman–Crippen LogP) is 4.76. The largest absolute Gasteiger partial charge is 0.461 e. The smallest absolute Gasteiger partial charge is 0.234 e. The van der Waals surface area contributed by atoms with Gasteiger partial charge in [0.15, 0.2) is 11.6 Å².